The normalized spacial score (nSPS) is 23.9. The highest BCUT2D eigenvalue weighted by atomic mass is 16.7. The average molecular weight is 506 g/mol. The molecule has 0 radical (unpaired) electrons. The summed E-state index contributed by atoms with van der Waals surface area (Å²) < 4.78 is 32.9. The van der Waals surface area contributed by atoms with Crippen molar-refractivity contribution in [3.8, 4) is 40.1 Å². The molecule has 1 saturated heterocycles. The molecule has 0 aliphatic carbocycles. The first-order chi connectivity index (χ1) is 17.2. The molecule has 1 fully saturated rings. The summed E-state index contributed by atoms with van der Waals surface area (Å²) in [5, 5.41) is 49.7. The van der Waals surface area contributed by atoms with E-state index in [1.165, 1.54) is 51.7 Å². The van der Waals surface area contributed by atoms with Crippen LogP contribution in [0.3, 0.4) is 0 Å². The lowest BCUT2D eigenvalue weighted by molar-refractivity contribution is -0.277. The van der Waals surface area contributed by atoms with Crippen LogP contribution in [0.25, 0.3) is 22.3 Å². The van der Waals surface area contributed by atoms with Gasteiger partial charge in [-0.3, -0.25) is 4.79 Å². The van der Waals surface area contributed by atoms with Gasteiger partial charge in [0.2, 0.25) is 17.5 Å². The molecular formula is C24H26O12. The average Bonchev–Trinajstić information content (AvgIpc) is 2.88. The van der Waals surface area contributed by atoms with Crippen molar-refractivity contribution in [3.05, 3.63) is 40.6 Å². The second-order valence-electron chi connectivity index (χ2n) is 7.99. The number of phenolic OH excluding ortho intramolecular Hbond substituents is 1. The lowest BCUT2D eigenvalue weighted by Crippen LogP contribution is -2.60. The predicted octanol–water partition coefficient (Wildman–Crippen LogP) is 0.370. The molecule has 5 N–H and O–H groups in total. The van der Waals surface area contributed by atoms with Gasteiger partial charge in [-0.2, -0.15) is 0 Å². The Hall–Kier alpha value is -3.55. The van der Waals surface area contributed by atoms with E-state index in [2.05, 4.69) is 0 Å². The molecule has 2 aromatic carbocycles. The maximum atomic E-state index is 13.3. The summed E-state index contributed by atoms with van der Waals surface area (Å²) in [5.41, 5.74) is -0.140. The van der Waals surface area contributed by atoms with Gasteiger partial charge in [0.15, 0.2) is 17.3 Å². The molecule has 4 rings (SSSR count). The topological polar surface area (TPSA) is 178 Å². The van der Waals surface area contributed by atoms with Gasteiger partial charge in [0.25, 0.3) is 0 Å². The minimum absolute atomic E-state index is 0.0294. The number of hydrogen-bond acceptors (Lipinski definition) is 12. The molecule has 0 spiro atoms. The van der Waals surface area contributed by atoms with Crippen molar-refractivity contribution in [3.63, 3.8) is 0 Å². The summed E-state index contributed by atoms with van der Waals surface area (Å²) in [6.45, 7) is -0.625. The number of hydrogen-bond donors (Lipinski definition) is 5. The van der Waals surface area contributed by atoms with Crippen LogP contribution in [0.2, 0.25) is 0 Å². The molecule has 0 unspecified atom stereocenters. The van der Waals surface area contributed by atoms with Crippen LogP contribution in [-0.2, 0) is 4.74 Å². The summed E-state index contributed by atoms with van der Waals surface area (Å²) in [4.78, 5) is 13.3. The Bertz CT molecular complexity index is 1300. The monoisotopic (exact) mass is 506 g/mol. The summed E-state index contributed by atoms with van der Waals surface area (Å²) >= 11 is 0. The first-order valence-corrected chi connectivity index (χ1v) is 10.8. The molecule has 36 heavy (non-hydrogen) atoms. The quantitative estimate of drug-likeness (QED) is 0.298. The number of ether oxygens (including phenoxy) is 5. The van der Waals surface area contributed by atoms with Crippen molar-refractivity contribution in [1.29, 1.82) is 0 Å². The van der Waals surface area contributed by atoms with E-state index in [0.29, 0.717) is 5.56 Å². The fraction of sp³-hybridized carbons (Fsp3) is 0.375. The maximum absolute atomic E-state index is 13.3. The molecular weight excluding hydrogens is 480 g/mol. The van der Waals surface area contributed by atoms with Crippen molar-refractivity contribution in [2.24, 2.45) is 0 Å². The van der Waals surface area contributed by atoms with E-state index in [1.807, 2.05) is 0 Å². The molecule has 1 aliphatic heterocycles. The van der Waals surface area contributed by atoms with Crippen LogP contribution in [0.1, 0.15) is 0 Å². The third-order valence-electron chi connectivity index (χ3n) is 5.86. The molecule has 1 aromatic heterocycles. The molecule has 2 heterocycles. The van der Waals surface area contributed by atoms with Gasteiger partial charge in [-0.1, -0.05) is 0 Å². The fourth-order valence-corrected chi connectivity index (χ4v) is 3.97. The van der Waals surface area contributed by atoms with Gasteiger partial charge in [0.05, 0.1) is 27.9 Å². The lowest BCUT2D eigenvalue weighted by Gasteiger charge is -2.39. The van der Waals surface area contributed by atoms with E-state index in [-0.39, 0.29) is 45.5 Å². The van der Waals surface area contributed by atoms with Crippen LogP contribution in [0.5, 0.6) is 28.7 Å². The molecule has 194 valence electrons. The van der Waals surface area contributed by atoms with Crippen molar-refractivity contribution < 1.29 is 53.6 Å². The van der Waals surface area contributed by atoms with Crippen molar-refractivity contribution >= 4 is 11.0 Å². The summed E-state index contributed by atoms with van der Waals surface area (Å²) in [7, 11) is 4.01. The van der Waals surface area contributed by atoms with Crippen LogP contribution in [0, 0.1) is 0 Å². The van der Waals surface area contributed by atoms with Crippen LogP contribution >= 0.6 is 0 Å². The number of aromatic hydroxyl groups is 1. The van der Waals surface area contributed by atoms with E-state index in [4.69, 9.17) is 28.1 Å². The van der Waals surface area contributed by atoms with Crippen LogP contribution < -0.4 is 24.4 Å². The highest BCUT2D eigenvalue weighted by Crippen LogP contribution is 2.39. The summed E-state index contributed by atoms with van der Waals surface area (Å²) in [6, 6.07) is 7.05. The number of methoxy groups -OCH3 is 3. The van der Waals surface area contributed by atoms with Gasteiger partial charge in [-0.05, 0) is 18.2 Å². The van der Waals surface area contributed by atoms with Crippen molar-refractivity contribution in [1.82, 2.24) is 0 Å². The standard InChI is InChI=1S/C24H26O12/c1-31-13-6-10(4-5-12(13)26)22-23(33-3)19(28)17-14(32-2)7-11(8-15(17)35-22)34-24-21(30)20(29)18(27)16(9-25)36-24/h4-8,16,18,20-21,24-27,29-30H,9H2,1-3H3/t16-,18-,20+,21-,24-/m1/s1. The first kappa shape index (κ1) is 25.5. The Morgan fingerprint density at radius 3 is 2.28 bits per heavy atom. The van der Waals surface area contributed by atoms with Crippen LogP contribution in [0.4, 0.5) is 0 Å². The van der Waals surface area contributed by atoms with Crippen molar-refractivity contribution in [2.75, 3.05) is 27.9 Å². The Kier molecular flexibility index (Phi) is 7.24. The number of rotatable bonds is 7. The zero-order valence-corrected chi connectivity index (χ0v) is 19.6. The zero-order chi connectivity index (χ0) is 26.1. The highest BCUT2D eigenvalue weighted by molar-refractivity contribution is 5.88. The Labute approximate surface area is 204 Å². The highest BCUT2D eigenvalue weighted by Gasteiger charge is 2.44. The van der Waals surface area contributed by atoms with E-state index >= 15 is 0 Å². The molecule has 0 saturated carbocycles. The van der Waals surface area contributed by atoms with Crippen LogP contribution in [0.15, 0.2) is 39.5 Å². The maximum Gasteiger partial charge on any atom is 0.239 e. The van der Waals surface area contributed by atoms with Gasteiger partial charge >= 0.3 is 0 Å². The number of aliphatic hydroxyl groups is 4. The minimum atomic E-state index is -1.65. The Balaban J connectivity index is 1.83. The lowest BCUT2D eigenvalue weighted by atomic mass is 9.99. The van der Waals surface area contributed by atoms with E-state index in [0.717, 1.165) is 0 Å². The number of benzene rings is 2. The third kappa shape index (κ3) is 4.40. The molecule has 0 amide bonds. The molecule has 12 nitrogen and oxygen atoms in total. The molecule has 0 bridgehead atoms. The van der Waals surface area contributed by atoms with E-state index < -0.39 is 42.7 Å². The number of phenols is 1. The largest absolute Gasteiger partial charge is 0.504 e. The van der Waals surface area contributed by atoms with Crippen molar-refractivity contribution in [2.45, 2.75) is 30.7 Å². The second kappa shape index (κ2) is 10.2. The Morgan fingerprint density at radius 2 is 1.64 bits per heavy atom. The number of fused-ring (bicyclic) bond motifs is 1. The minimum Gasteiger partial charge on any atom is -0.504 e. The molecule has 1 aliphatic rings. The SMILES string of the molecule is COc1cc(-c2oc3cc(O[C@@H]4O[C@H](CO)[C@@H](O)[C@H](O)[C@H]4O)cc(OC)c3c(=O)c2OC)ccc1O. The van der Waals surface area contributed by atoms with E-state index in [9.17, 15) is 30.3 Å². The molecule has 12 heteroatoms. The second-order valence-corrected chi connectivity index (χ2v) is 7.99. The Morgan fingerprint density at radius 1 is 0.917 bits per heavy atom. The smallest absolute Gasteiger partial charge is 0.239 e. The van der Waals surface area contributed by atoms with Gasteiger partial charge in [0, 0.05) is 17.7 Å². The van der Waals surface area contributed by atoms with Gasteiger partial charge in [0.1, 0.15) is 46.9 Å². The van der Waals surface area contributed by atoms with E-state index in [1.54, 1.807) is 0 Å². The molecule has 3 aromatic rings. The number of aliphatic hydroxyl groups excluding tert-OH is 4. The fourth-order valence-electron chi connectivity index (χ4n) is 3.97. The molecule has 5 atom stereocenters. The summed E-state index contributed by atoms with van der Waals surface area (Å²) in [6.07, 6.45) is -7.47. The van der Waals surface area contributed by atoms with Gasteiger partial charge in [-0.15, -0.1) is 0 Å². The third-order valence-corrected chi connectivity index (χ3v) is 5.86. The predicted molar refractivity (Wildman–Crippen MR) is 124 cm³/mol. The zero-order valence-electron chi connectivity index (χ0n) is 19.6. The summed E-state index contributed by atoms with van der Waals surface area (Å²) in [5.74, 6) is 0.0616. The van der Waals surface area contributed by atoms with Gasteiger partial charge in [-0.25, -0.2) is 0 Å². The first-order valence-electron chi connectivity index (χ1n) is 10.8. The van der Waals surface area contributed by atoms with Gasteiger partial charge < -0.3 is 53.6 Å². The van der Waals surface area contributed by atoms with Crippen LogP contribution in [-0.4, -0.2) is 84.2 Å².